The number of unbranched alkanes of at least 4 members (excludes halogenated alkanes) is 14. The van der Waals surface area contributed by atoms with Gasteiger partial charge < -0.3 is 20.8 Å². The zero-order valence-corrected chi connectivity index (χ0v) is 24.2. The molecular formula is C30H56N2O6. The SMILES string of the molecule is CCCCCCCCCCCC(=O)NCCCCC(NC(=O)CC(CCCCCCCC)C(=O)O)C(=O)O. The fourth-order valence-electron chi connectivity index (χ4n) is 4.60. The molecule has 222 valence electrons. The van der Waals surface area contributed by atoms with Gasteiger partial charge in [-0.25, -0.2) is 4.79 Å². The molecular weight excluding hydrogens is 484 g/mol. The first-order valence-corrected chi connectivity index (χ1v) is 15.3. The van der Waals surface area contributed by atoms with Crippen molar-refractivity contribution in [2.75, 3.05) is 6.54 Å². The summed E-state index contributed by atoms with van der Waals surface area (Å²) in [5, 5.41) is 24.3. The van der Waals surface area contributed by atoms with E-state index >= 15 is 0 Å². The molecule has 0 aromatic heterocycles. The summed E-state index contributed by atoms with van der Waals surface area (Å²) in [6.45, 7) is 4.84. The molecule has 8 heteroatoms. The summed E-state index contributed by atoms with van der Waals surface area (Å²) in [4.78, 5) is 47.5. The zero-order valence-electron chi connectivity index (χ0n) is 24.2. The Hall–Kier alpha value is -2.12. The quantitative estimate of drug-likeness (QED) is 0.0867. The molecule has 0 heterocycles. The fraction of sp³-hybridized carbons (Fsp3) is 0.867. The third kappa shape index (κ3) is 21.9. The van der Waals surface area contributed by atoms with E-state index in [4.69, 9.17) is 0 Å². The smallest absolute Gasteiger partial charge is 0.326 e. The Kier molecular flexibility index (Phi) is 23.8. The van der Waals surface area contributed by atoms with Crippen molar-refractivity contribution in [3.63, 3.8) is 0 Å². The number of carboxylic acids is 2. The molecule has 0 aliphatic heterocycles. The third-order valence-corrected chi connectivity index (χ3v) is 7.07. The van der Waals surface area contributed by atoms with Crippen LogP contribution in [0.15, 0.2) is 0 Å². The molecule has 0 spiro atoms. The number of hydrogen-bond donors (Lipinski definition) is 4. The molecule has 38 heavy (non-hydrogen) atoms. The van der Waals surface area contributed by atoms with E-state index in [0.29, 0.717) is 32.2 Å². The Balaban J connectivity index is 4.04. The molecule has 0 bridgehead atoms. The molecule has 0 aromatic carbocycles. The third-order valence-electron chi connectivity index (χ3n) is 7.07. The maximum Gasteiger partial charge on any atom is 0.326 e. The highest BCUT2D eigenvalue weighted by molar-refractivity contribution is 5.86. The van der Waals surface area contributed by atoms with Gasteiger partial charge in [0.15, 0.2) is 0 Å². The Morgan fingerprint density at radius 2 is 1.08 bits per heavy atom. The highest BCUT2D eigenvalue weighted by Gasteiger charge is 2.24. The average molecular weight is 541 g/mol. The molecule has 2 atom stereocenters. The van der Waals surface area contributed by atoms with Gasteiger partial charge in [-0.15, -0.1) is 0 Å². The predicted molar refractivity (Wildman–Crippen MR) is 152 cm³/mol. The monoisotopic (exact) mass is 540 g/mol. The van der Waals surface area contributed by atoms with Gasteiger partial charge in [0.2, 0.25) is 11.8 Å². The first kappa shape index (κ1) is 35.9. The normalized spacial score (nSPS) is 12.6. The maximum absolute atomic E-state index is 12.4. The lowest BCUT2D eigenvalue weighted by Gasteiger charge is -2.17. The molecule has 0 fully saturated rings. The molecule has 0 radical (unpaired) electrons. The standard InChI is InChI=1S/C30H56N2O6/c1-3-5-7-9-11-12-13-15-17-22-27(33)31-23-19-18-21-26(30(37)38)32-28(34)24-25(29(35)36)20-16-14-10-8-6-4-2/h25-26H,3-24H2,1-2H3,(H,31,33)(H,32,34)(H,35,36)(H,37,38). The van der Waals surface area contributed by atoms with E-state index in [2.05, 4.69) is 24.5 Å². The number of nitrogens with one attached hydrogen (secondary N) is 2. The van der Waals surface area contributed by atoms with Gasteiger partial charge in [-0.05, 0) is 32.1 Å². The minimum Gasteiger partial charge on any atom is -0.481 e. The predicted octanol–water partition coefficient (Wildman–Crippen LogP) is 6.60. The minimum atomic E-state index is -1.13. The largest absolute Gasteiger partial charge is 0.481 e. The number of amides is 2. The minimum absolute atomic E-state index is 0.0288. The van der Waals surface area contributed by atoms with Gasteiger partial charge in [-0.1, -0.05) is 104 Å². The van der Waals surface area contributed by atoms with Crippen molar-refractivity contribution in [3.8, 4) is 0 Å². The Morgan fingerprint density at radius 3 is 1.61 bits per heavy atom. The first-order valence-electron chi connectivity index (χ1n) is 15.3. The van der Waals surface area contributed by atoms with Crippen LogP contribution in [-0.4, -0.2) is 46.6 Å². The van der Waals surface area contributed by atoms with Crippen molar-refractivity contribution in [1.82, 2.24) is 10.6 Å². The van der Waals surface area contributed by atoms with Gasteiger partial charge in [0.05, 0.1) is 5.92 Å². The van der Waals surface area contributed by atoms with Crippen molar-refractivity contribution in [2.24, 2.45) is 5.92 Å². The van der Waals surface area contributed by atoms with Crippen molar-refractivity contribution in [2.45, 2.75) is 155 Å². The van der Waals surface area contributed by atoms with Gasteiger partial charge >= 0.3 is 11.9 Å². The fourth-order valence-corrected chi connectivity index (χ4v) is 4.60. The summed E-state index contributed by atoms with van der Waals surface area (Å²) in [7, 11) is 0. The molecule has 8 nitrogen and oxygen atoms in total. The lowest BCUT2D eigenvalue weighted by Crippen LogP contribution is -2.42. The Morgan fingerprint density at radius 1 is 0.579 bits per heavy atom. The zero-order chi connectivity index (χ0) is 28.4. The highest BCUT2D eigenvalue weighted by Crippen LogP contribution is 2.16. The van der Waals surface area contributed by atoms with Gasteiger partial charge in [0.1, 0.15) is 6.04 Å². The highest BCUT2D eigenvalue weighted by atomic mass is 16.4. The van der Waals surface area contributed by atoms with Crippen molar-refractivity contribution in [3.05, 3.63) is 0 Å². The van der Waals surface area contributed by atoms with E-state index in [1.165, 1.54) is 51.4 Å². The molecule has 0 aliphatic carbocycles. The molecule has 2 amide bonds. The second-order valence-corrected chi connectivity index (χ2v) is 10.7. The van der Waals surface area contributed by atoms with Gasteiger partial charge in [0, 0.05) is 19.4 Å². The van der Waals surface area contributed by atoms with Gasteiger partial charge in [-0.3, -0.25) is 14.4 Å². The lowest BCUT2D eigenvalue weighted by molar-refractivity contribution is -0.145. The van der Waals surface area contributed by atoms with E-state index in [9.17, 15) is 29.4 Å². The van der Waals surface area contributed by atoms with Crippen molar-refractivity contribution < 1.29 is 29.4 Å². The van der Waals surface area contributed by atoms with Crippen LogP contribution in [0.5, 0.6) is 0 Å². The van der Waals surface area contributed by atoms with Crippen LogP contribution in [-0.2, 0) is 19.2 Å². The van der Waals surface area contributed by atoms with Crippen LogP contribution >= 0.6 is 0 Å². The Labute approximate surface area is 231 Å². The molecule has 0 aromatic rings. The molecule has 0 aliphatic rings. The summed E-state index contributed by atoms with van der Waals surface area (Å²) in [6.07, 6.45) is 19.2. The second kappa shape index (κ2) is 25.2. The number of carboxylic acid groups (broad SMARTS) is 2. The van der Waals surface area contributed by atoms with Crippen LogP contribution in [0.2, 0.25) is 0 Å². The van der Waals surface area contributed by atoms with Crippen LogP contribution in [0.3, 0.4) is 0 Å². The molecule has 0 saturated heterocycles. The van der Waals surface area contributed by atoms with E-state index in [1.807, 2.05) is 0 Å². The first-order chi connectivity index (χ1) is 18.3. The van der Waals surface area contributed by atoms with E-state index in [0.717, 1.165) is 44.9 Å². The molecule has 0 saturated carbocycles. The summed E-state index contributed by atoms with van der Waals surface area (Å²) in [5.74, 6) is -3.45. The van der Waals surface area contributed by atoms with Crippen LogP contribution in [0, 0.1) is 5.92 Å². The van der Waals surface area contributed by atoms with E-state index in [-0.39, 0.29) is 18.7 Å². The lowest BCUT2D eigenvalue weighted by atomic mass is 9.96. The van der Waals surface area contributed by atoms with E-state index < -0.39 is 29.8 Å². The topological polar surface area (TPSA) is 133 Å². The van der Waals surface area contributed by atoms with Crippen LogP contribution in [0.25, 0.3) is 0 Å². The van der Waals surface area contributed by atoms with Crippen LogP contribution < -0.4 is 10.6 Å². The second-order valence-electron chi connectivity index (χ2n) is 10.7. The summed E-state index contributed by atoms with van der Waals surface area (Å²) in [5.41, 5.74) is 0. The van der Waals surface area contributed by atoms with Crippen molar-refractivity contribution >= 4 is 23.8 Å². The maximum atomic E-state index is 12.4. The number of rotatable bonds is 27. The van der Waals surface area contributed by atoms with Crippen molar-refractivity contribution in [1.29, 1.82) is 0 Å². The van der Waals surface area contributed by atoms with Gasteiger partial charge in [-0.2, -0.15) is 0 Å². The number of aliphatic carboxylic acids is 2. The van der Waals surface area contributed by atoms with Gasteiger partial charge in [0.25, 0.3) is 0 Å². The van der Waals surface area contributed by atoms with E-state index in [1.54, 1.807) is 0 Å². The molecule has 0 rings (SSSR count). The summed E-state index contributed by atoms with van der Waals surface area (Å²) < 4.78 is 0. The average Bonchev–Trinajstić information content (AvgIpc) is 2.87. The summed E-state index contributed by atoms with van der Waals surface area (Å²) >= 11 is 0. The number of carbonyl (C=O) groups is 4. The Bertz CT molecular complexity index is 640. The van der Waals surface area contributed by atoms with Crippen LogP contribution in [0.4, 0.5) is 0 Å². The molecule has 4 N–H and O–H groups in total. The summed E-state index contributed by atoms with van der Waals surface area (Å²) in [6, 6.07) is -1.05. The number of hydrogen-bond acceptors (Lipinski definition) is 4. The van der Waals surface area contributed by atoms with Crippen LogP contribution in [0.1, 0.15) is 149 Å². The molecule has 2 unspecified atom stereocenters. The number of carbonyl (C=O) groups excluding carboxylic acids is 2.